The third-order valence-electron chi connectivity index (χ3n) is 3.88. The molecule has 2 heterocycles. The number of benzene rings is 1. The molecule has 4 nitrogen and oxygen atoms in total. The Kier molecular flexibility index (Phi) is 4.87. The molecule has 24 heavy (non-hydrogen) atoms. The second-order valence-corrected chi connectivity index (χ2v) is 6.60. The highest BCUT2D eigenvalue weighted by atomic mass is 79.9. The van der Waals surface area contributed by atoms with Crippen molar-refractivity contribution in [3.63, 3.8) is 0 Å². The van der Waals surface area contributed by atoms with E-state index in [4.69, 9.17) is 16.6 Å². The van der Waals surface area contributed by atoms with Crippen LogP contribution in [0.3, 0.4) is 0 Å². The summed E-state index contributed by atoms with van der Waals surface area (Å²) in [7, 11) is 0. The van der Waals surface area contributed by atoms with Gasteiger partial charge in [-0.05, 0) is 50.3 Å². The van der Waals surface area contributed by atoms with Crippen LogP contribution in [0.25, 0.3) is 17.4 Å². The maximum Gasteiger partial charge on any atom is 0.276 e. The lowest BCUT2D eigenvalue weighted by molar-refractivity contribution is -0.122. The van der Waals surface area contributed by atoms with E-state index in [2.05, 4.69) is 15.9 Å². The number of furan rings is 1. The molecule has 1 amide bonds. The molecule has 1 saturated heterocycles. The first-order valence-corrected chi connectivity index (χ1v) is 8.96. The predicted molar refractivity (Wildman–Crippen MR) is 102 cm³/mol. The second-order valence-electron chi connectivity index (χ2n) is 5.31. The van der Waals surface area contributed by atoms with Gasteiger partial charge in [0.15, 0.2) is 5.11 Å². The minimum atomic E-state index is -0.0778. The number of thiocarbonyl (C=S) groups is 1. The van der Waals surface area contributed by atoms with Gasteiger partial charge in [0.25, 0.3) is 5.91 Å². The number of hydrogen-bond donors (Lipinski definition) is 0. The largest absolute Gasteiger partial charge is 0.457 e. The van der Waals surface area contributed by atoms with Crippen molar-refractivity contribution in [1.29, 1.82) is 0 Å². The van der Waals surface area contributed by atoms with Crippen LogP contribution in [-0.4, -0.2) is 33.9 Å². The summed E-state index contributed by atoms with van der Waals surface area (Å²) in [6.07, 6.45) is 1.76. The third kappa shape index (κ3) is 3.03. The number of hydrogen-bond acceptors (Lipinski definition) is 3. The van der Waals surface area contributed by atoms with E-state index in [1.165, 1.54) is 0 Å². The van der Waals surface area contributed by atoms with Gasteiger partial charge in [0, 0.05) is 29.2 Å². The predicted octanol–water partition coefficient (Wildman–Crippen LogP) is 4.52. The Morgan fingerprint density at radius 3 is 2.38 bits per heavy atom. The van der Waals surface area contributed by atoms with Gasteiger partial charge in [-0.2, -0.15) is 0 Å². The van der Waals surface area contributed by atoms with Crippen molar-refractivity contribution in [2.45, 2.75) is 13.8 Å². The van der Waals surface area contributed by atoms with Crippen molar-refractivity contribution < 1.29 is 9.21 Å². The van der Waals surface area contributed by atoms with Crippen LogP contribution in [0.1, 0.15) is 19.6 Å². The van der Waals surface area contributed by atoms with E-state index in [9.17, 15) is 4.79 Å². The van der Waals surface area contributed by atoms with Crippen LogP contribution in [0.2, 0.25) is 0 Å². The van der Waals surface area contributed by atoms with E-state index in [0.717, 1.165) is 15.8 Å². The highest BCUT2D eigenvalue weighted by Gasteiger charge is 2.36. The highest BCUT2D eigenvalue weighted by Crippen LogP contribution is 2.27. The van der Waals surface area contributed by atoms with Gasteiger partial charge in [0.05, 0.1) is 0 Å². The number of nitrogens with zero attached hydrogens (tertiary/aromatic N) is 2. The summed E-state index contributed by atoms with van der Waals surface area (Å²) in [4.78, 5) is 16.0. The molecule has 0 radical (unpaired) electrons. The Hall–Kier alpha value is -1.92. The van der Waals surface area contributed by atoms with Crippen LogP contribution in [0, 0.1) is 0 Å². The smallest absolute Gasteiger partial charge is 0.276 e. The Morgan fingerprint density at radius 2 is 1.75 bits per heavy atom. The summed E-state index contributed by atoms with van der Waals surface area (Å²) < 4.78 is 6.90. The summed E-state index contributed by atoms with van der Waals surface area (Å²) in [5, 5.41) is 0.552. The molecule has 0 saturated carbocycles. The van der Waals surface area contributed by atoms with E-state index in [-0.39, 0.29) is 5.91 Å². The fourth-order valence-electron chi connectivity index (χ4n) is 2.65. The van der Waals surface area contributed by atoms with Gasteiger partial charge in [0.1, 0.15) is 17.2 Å². The maximum absolute atomic E-state index is 12.5. The summed E-state index contributed by atoms with van der Waals surface area (Å²) in [5.41, 5.74) is 1.54. The fourth-order valence-corrected chi connectivity index (χ4v) is 3.35. The zero-order chi connectivity index (χ0) is 17.3. The van der Waals surface area contributed by atoms with Crippen molar-refractivity contribution in [2.75, 3.05) is 13.1 Å². The first-order valence-electron chi connectivity index (χ1n) is 7.76. The van der Waals surface area contributed by atoms with Crippen molar-refractivity contribution in [1.82, 2.24) is 9.80 Å². The van der Waals surface area contributed by atoms with Gasteiger partial charge in [-0.1, -0.05) is 28.1 Å². The van der Waals surface area contributed by atoms with Crippen molar-refractivity contribution >= 4 is 45.2 Å². The SMILES string of the molecule is CCN1C(=O)C(=Cc2ccc(-c3ccc(Br)cc3)o2)N(CC)C1=S. The fraction of sp³-hybridized carbons (Fsp3) is 0.222. The number of amides is 1. The van der Waals surface area contributed by atoms with Gasteiger partial charge in [0.2, 0.25) is 0 Å². The molecular weight excluding hydrogens is 388 g/mol. The lowest BCUT2D eigenvalue weighted by atomic mass is 10.2. The average Bonchev–Trinajstić information content (AvgIpc) is 3.12. The van der Waals surface area contributed by atoms with Crippen LogP contribution in [0.5, 0.6) is 0 Å². The Labute approximate surface area is 154 Å². The molecule has 1 aliphatic heterocycles. The van der Waals surface area contributed by atoms with Gasteiger partial charge >= 0.3 is 0 Å². The van der Waals surface area contributed by atoms with Gasteiger partial charge in [-0.15, -0.1) is 0 Å². The topological polar surface area (TPSA) is 36.7 Å². The summed E-state index contributed by atoms with van der Waals surface area (Å²) in [6.45, 7) is 5.10. The molecule has 0 aliphatic carbocycles. The standard InChI is InChI=1S/C18H17BrN2O2S/c1-3-20-15(17(22)21(4-2)18(20)24)11-14-9-10-16(23-14)12-5-7-13(19)8-6-12/h5-11H,3-4H2,1-2H3. The molecule has 0 bridgehead atoms. The molecule has 2 aromatic rings. The molecule has 6 heteroatoms. The zero-order valence-corrected chi connectivity index (χ0v) is 15.9. The molecule has 124 valence electrons. The Bertz CT molecular complexity index is 811. The van der Waals surface area contributed by atoms with E-state index in [0.29, 0.717) is 29.7 Å². The Balaban J connectivity index is 1.92. The number of rotatable bonds is 4. The van der Waals surface area contributed by atoms with Gasteiger partial charge < -0.3 is 9.32 Å². The van der Waals surface area contributed by atoms with Crippen LogP contribution in [0.15, 0.2) is 51.0 Å². The first kappa shape index (κ1) is 16.9. The monoisotopic (exact) mass is 404 g/mol. The normalized spacial score (nSPS) is 16.5. The molecule has 1 fully saturated rings. The first-order chi connectivity index (χ1) is 11.5. The van der Waals surface area contributed by atoms with E-state index in [1.54, 1.807) is 11.0 Å². The molecule has 1 aliphatic rings. The molecule has 0 unspecified atom stereocenters. The summed E-state index contributed by atoms with van der Waals surface area (Å²) >= 11 is 8.80. The van der Waals surface area contributed by atoms with E-state index >= 15 is 0 Å². The van der Waals surface area contributed by atoms with Crippen LogP contribution in [0.4, 0.5) is 0 Å². The van der Waals surface area contributed by atoms with Crippen LogP contribution in [-0.2, 0) is 4.79 Å². The van der Waals surface area contributed by atoms with Crippen LogP contribution >= 0.6 is 28.1 Å². The quantitative estimate of drug-likeness (QED) is 0.554. The maximum atomic E-state index is 12.5. The minimum Gasteiger partial charge on any atom is -0.457 e. The molecule has 0 atom stereocenters. The highest BCUT2D eigenvalue weighted by molar-refractivity contribution is 9.10. The van der Waals surface area contributed by atoms with Crippen molar-refractivity contribution in [3.8, 4) is 11.3 Å². The molecule has 3 rings (SSSR count). The molecule has 0 N–H and O–H groups in total. The summed E-state index contributed by atoms with van der Waals surface area (Å²) in [5.74, 6) is 1.32. The molecule has 1 aromatic heterocycles. The van der Waals surface area contributed by atoms with Crippen LogP contribution < -0.4 is 0 Å². The number of carbonyl (C=O) groups excluding carboxylic acids is 1. The van der Waals surface area contributed by atoms with Crippen molar-refractivity contribution in [3.05, 3.63) is 52.3 Å². The average molecular weight is 405 g/mol. The van der Waals surface area contributed by atoms with Crippen molar-refractivity contribution in [2.24, 2.45) is 0 Å². The molecule has 1 aromatic carbocycles. The number of halogens is 1. The van der Waals surface area contributed by atoms with E-state index < -0.39 is 0 Å². The minimum absolute atomic E-state index is 0.0778. The zero-order valence-electron chi connectivity index (χ0n) is 13.5. The lowest BCUT2D eigenvalue weighted by Crippen LogP contribution is -2.32. The second kappa shape index (κ2) is 6.91. The number of carbonyl (C=O) groups is 1. The van der Waals surface area contributed by atoms with Gasteiger partial charge in [-0.3, -0.25) is 9.69 Å². The molecular formula is C18H17BrN2O2S. The Morgan fingerprint density at radius 1 is 1.08 bits per heavy atom. The molecule has 0 spiro atoms. The third-order valence-corrected chi connectivity index (χ3v) is 4.85. The van der Waals surface area contributed by atoms with Gasteiger partial charge in [-0.25, -0.2) is 0 Å². The van der Waals surface area contributed by atoms with E-state index in [1.807, 2.05) is 55.1 Å². The lowest BCUT2D eigenvalue weighted by Gasteiger charge is -2.16. The number of likely N-dealkylation sites (N-methyl/N-ethyl adjacent to an activating group) is 2. The summed E-state index contributed by atoms with van der Waals surface area (Å²) in [6, 6.07) is 11.7.